The zero-order valence-electron chi connectivity index (χ0n) is 19.9. The Hall–Kier alpha value is -2.39. The van der Waals surface area contributed by atoms with E-state index < -0.39 is 6.04 Å². The largest absolute Gasteiger partial charge is 0.484 e. The van der Waals surface area contributed by atoms with Crippen LogP contribution in [0.1, 0.15) is 31.4 Å². The molecule has 0 aliphatic heterocycles. The number of carbonyl (C=O) groups excluding carboxylic acids is 2. The number of rotatable bonds is 11. The molecule has 1 N–H and O–H groups in total. The lowest BCUT2D eigenvalue weighted by Gasteiger charge is -2.32. The summed E-state index contributed by atoms with van der Waals surface area (Å²) in [5, 5.41) is 3.08. The van der Waals surface area contributed by atoms with Crippen molar-refractivity contribution in [3.05, 3.63) is 98.0 Å². The molecule has 0 spiro atoms. The molecule has 184 valence electrons. The summed E-state index contributed by atoms with van der Waals surface area (Å²) >= 11 is 5.69. The van der Waals surface area contributed by atoms with E-state index in [1.807, 2.05) is 92.7 Å². The van der Waals surface area contributed by atoms with E-state index in [-0.39, 0.29) is 24.5 Å². The Labute approximate surface area is 229 Å². The molecule has 0 saturated heterocycles. The van der Waals surface area contributed by atoms with Crippen LogP contribution < -0.4 is 10.1 Å². The second kappa shape index (κ2) is 13.6. The minimum absolute atomic E-state index is 0.00782. The van der Waals surface area contributed by atoms with Gasteiger partial charge in [0.05, 0.1) is 0 Å². The van der Waals surface area contributed by atoms with Gasteiger partial charge in [-0.2, -0.15) is 0 Å². The highest BCUT2D eigenvalue weighted by Gasteiger charge is 2.31. The Kier molecular flexibility index (Phi) is 10.6. The van der Waals surface area contributed by atoms with Crippen molar-refractivity contribution in [2.24, 2.45) is 0 Å². The van der Waals surface area contributed by atoms with E-state index in [4.69, 9.17) is 4.74 Å². The van der Waals surface area contributed by atoms with Crippen LogP contribution in [0.5, 0.6) is 5.75 Å². The fourth-order valence-electron chi connectivity index (χ4n) is 3.54. The lowest BCUT2D eigenvalue weighted by atomic mass is 10.0. The van der Waals surface area contributed by atoms with Crippen molar-refractivity contribution in [2.75, 3.05) is 6.61 Å². The first-order chi connectivity index (χ1) is 16.9. The minimum Gasteiger partial charge on any atom is -0.484 e. The number of hydrogen-bond donors (Lipinski definition) is 1. The molecule has 5 nitrogen and oxygen atoms in total. The summed E-state index contributed by atoms with van der Waals surface area (Å²) in [6.07, 6.45) is 1.22. The minimum atomic E-state index is -0.678. The number of carbonyl (C=O) groups is 2. The predicted octanol–water partition coefficient (Wildman–Crippen LogP) is 5.99. The Morgan fingerprint density at radius 1 is 0.971 bits per heavy atom. The van der Waals surface area contributed by atoms with Crippen LogP contribution in [0.2, 0.25) is 0 Å². The molecule has 0 fully saturated rings. The molecule has 0 unspecified atom stereocenters. The molecule has 0 aliphatic carbocycles. The fraction of sp³-hybridized carbons (Fsp3) is 0.286. The Bertz CT molecular complexity index is 1090. The van der Waals surface area contributed by atoms with E-state index in [0.29, 0.717) is 18.7 Å². The first kappa shape index (κ1) is 27.2. The zero-order chi connectivity index (χ0) is 25.2. The third-order valence-electron chi connectivity index (χ3n) is 5.71. The maximum Gasteiger partial charge on any atom is 0.261 e. The van der Waals surface area contributed by atoms with Crippen LogP contribution in [-0.4, -0.2) is 35.4 Å². The monoisotopic (exact) mass is 648 g/mol. The second-order valence-corrected chi connectivity index (χ2v) is 10.6. The highest BCUT2D eigenvalue weighted by Crippen LogP contribution is 2.19. The summed E-state index contributed by atoms with van der Waals surface area (Å²) in [7, 11) is 0. The highest BCUT2D eigenvalue weighted by molar-refractivity contribution is 14.1. The lowest BCUT2D eigenvalue weighted by Crippen LogP contribution is -2.53. The van der Waals surface area contributed by atoms with Crippen LogP contribution in [0, 0.1) is 3.57 Å². The molecule has 0 bridgehead atoms. The summed E-state index contributed by atoms with van der Waals surface area (Å²) in [6.45, 7) is 4.14. The number of ether oxygens (including phenoxy) is 1. The van der Waals surface area contributed by atoms with Gasteiger partial charge in [0, 0.05) is 27.1 Å². The third-order valence-corrected chi connectivity index (χ3v) is 6.96. The molecule has 2 amide bonds. The molecule has 3 aromatic rings. The lowest BCUT2D eigenvalue weighted by molar-refractivity contribution is -0.143. The van der Waals surface area contributed by atoms with Crippen molar-refractivity contribution < 1.29 is 14.3 Å². The highest BCUT2D eigenvalue weighted by atomic mass is 127. The third kappa shape index (κ3) is 8.65. The van der Waals surface area contributed by atoms with E-state index in [2.05, 4.69) is 43.8 Å². The van der Waals surface area contributed by atoms with E-state index >= 15 is 0 Å². The quantitative estimate of drug-likeness (QED) is 0.260. The average Bonchev–Trinajstić information content (AvgIpc) is 2.87. The van der Waals surface area contributed by atoms with Gasteiger partial charge in [0.15, 0.2) is 6.61 Å². The molecule has 3 rings (SSSR count). The molecule has 7 heteroatoms. The Morgan fingerprint density at radius 2 is 1.63 bits per heavy atom. The number of nitrogens with zero attached hydrogens (tertiary/aromatic N) is 1. The van der Waals surface area contributed by atoms with Crippen LogP contribution in [0.3, 0.4) is 0 Å². The fourth-order valence-corrected chi connectivity index (χ4v) is 4.16. The second-order valence-electron chi connectivity index (χ2n) is 8.41. The maximum atomic E-state index is 13.6. The predicted molar refractivity (Wildman–Crippen MR) is 151 cm³/mol. The summed E-state index contributed by atoms with van der Waals surface area (Å²) < 4.78 is 7.85. The van der Waals surface area contributed by atoms with E-state index in [9.17, 15) is 9.59 Å². The molecular formula is C28H30BrIN2O3. The maximum absolute atomic E-state index is 13.6. The summed E-state index contributed by atoms with van der Waals surface area (Å²) in [5.74, 6) is 0.209. The van der Waals surface area contributed by atoms with Crippen molar-refractivity contribution in [2.45, 2.75) is 45.3 Å². The van der Waals surface area contributed by atoms with E-state index in [0.717, 1.165) is 25.6 Å². The first-order valence-corrected chi connectivity index (χ1v) is 13.5. The molecule has 0 radical (unpaired) electrons. The molecule has 35 heavy (non-hydrogen) atoms. The Morgan fingerprint density at radius 3 is 2.26 bits per heavy atom. The smallest absolute Gasteiger partial charge is 0.261 e. The molecule has 0 heterocycles. The topological polar surface area (TPSA) is 58.6 Å². The van der Waals surface area contributed by atoms with Crippen LogP contribution in [0.15, 0.2) is 83.3 Å². The molecule has 0 aliphatic rings. The van der Waals surface area contributed by atoms with Crippen LogP contribution in [-0.2, 0) is 22.6 Å². The summed E-state index contributed by atoms with van der Waals surface area (Å²) in [5.41, 5.74) is 1.93. The zero-order valence-corrected chi connectivity index (χ0v) is 23.7. The van der Waals surface area contributed by atoms with Gasteiger partial charge in [-0.05, 0) is 83.5 Å². The van der Waals surface area contributed by atoms with Gasteiger partial charge in [-0.3, -0.25) is 9.59 Å². The van der Waals surface area contributed by atoms with Crippen molar-refractivity contribution in [3.63, 3.8) is 0 Å². The number of amides is 2. The van der Waals surface area contributed by atoms with Gasteiger partial charge < -0.3 is 15.0 Å². The summed E-state index contributed by atoms with van der Waals surface area (Å²) in [6, 6.07) is 24.4. The van der Waals surface area contributed by atoms with Gasteiger partial charge in [0.1, 0.15) is 11.8 Å². The molecule has 0 aromatic heterocycles. The SMILES string of the molecule is CC[C@@H](C)NC(=O)[C@@H](Cc1ccccc1)N(Cc1ccc(Br)cc1)C(=O)COc1ccc(I)cc1. The van der Waals surface area contributed by atoms with Crippen molar-refractivity contribution >= 4 is 50.3 Å². The van der Waals surface area contributed by atoms with Gasteiger partial charge in [-0.15, -0.1) is 0 Å². The van der Waals surface area contributed by atoms with Gasteiger partial charge >= 0.3 is 0 Å². The summed E-state index contributed by atoms with van der Waals surface area (Å²) in [4.78, 5) is 28.7. The first-order valence-electron chi connectivity index (χ1n) is 11.6. The van der Waals surface area contributed by atoms with Crippen molar-refractivity contribution in [1.29, 1.82) is 0 Å². The number of benzene rings is 3. The molecule has 3 aromatic carbocycles. The van der Waals surface area contributed by atoms with E-state index in [1.165, 1.54) is 0 Å². The van der Waals surface area contributed by atoms with Crippen LogP contribution in [0.25, 0.3) is 0 Å². The number of nitrogens with one attached hydrogen (secondary N) is 1. The molecular weight excluding hydrogens is 619 g/mol. The average molecular weight is 649 g/mol. The molecule has 0 saturated carbocycles. The van der Waals surface area contributed by atoms with E-state index in [1.54, 1.807) is 4.90 Å². The van der Waals surface area contributed by atoms with Gasteiger partial charge in [0.2, 0.25) is 5.91 Å². The van der Waals surface area contributed by atoms with Crippen LogP contribution >= 0.6 is 38.5 Å². The van der Waals surface area contributed by atoms with Crippen molar-refractivity contribution in [3.8, 4) is 5.75 Å². The Balaban J connectivity index is 1.89. The van der Waals surface area contributed by atoms with Gasteiger partial charge in [-0.25, -0.2) is 0 Å². The normalized spacial score (nSPS) is 12.5. The number of hydrogen-bond acceptors (Lipinski definition) is 3. The van der Waals surface area contributed by atoms with Gasteiger partial charge in [-0.1, -0.05) is 65.3 Å². The van der Waals surface area contributed by atoms with Crippen molar-refractivity contribution in [1.82, 2.24) is 10.2 Å². The van der Waals surface area contributed by atoms with Crippen LogP contribution in [0.4, 0.5) is 0 Å². The van der Waals surface area contributed by atoms with Gasteiger partial charge in [0.25, 0.3) is 5.91 Å². The molecule has 2 atom stereocenters. The number of halogens is 2. The standard InChI is InChI=1S/C28H30BrIN2O3/c1-3-20(2)31-28(34)26(17-21-7-5-4-6-8-21)32(18-22-9-11-23(29)12-10-22)27(33)19-35-25-15-13-24(30)14-16-25/h4-16,20,26H,3,17-19H2,1-2H3,(H,31,34)/t20-,26-/m1/s1.